The maximum absolute atomic E-state index is 14.7. The molecule has 0 fully saturated rings. The Hall–Kier alpha value is -2.62. The largest absolute Gasteiger partial charge is 0.471 e. The predicted octanol–water partition coefficient (Wildman–Crippen LogP) is 4.07. The summed E-state index contributed by atoms with van der Waals surface area (Å²) in [6.45, 7) is 3.56. The van der Waals surface area contributed by atoms with Crippen molar-refractivity contribution in [2.45, 2.75) is 12.8 Å². The summed E-state index contributed by atoms with van der Waals surface area (Å²) in [5.41, 5.74) is 2.58. The predicted molar refractivity (Wildman–Crippen MR) is 89.5 cm³/mol. The van der Waals surface area contributed by atoms with E-state index < -0.39 is 0 Å². The lowest BCUT2D eigenvalue weighted by atomic mass is 9.87. The van der Waals surface area contributed by atoms with E-state index in [-0.39, 0.29) is 11.7 Å². The molecule has 4 heteroatoms. The van der Waals surface area contributed by atoms with Crippen molar-refractivity contribution in [3.05, 3.63) is 71.4 Å². The zero-order valence-electron chi connectivity index (χ0n) is 12.8. The van der Waals surface area contributed by atoms with Gasteiger partial charge in [0.15, 0.2) is 0 Å². The van der Waals surface area contributed by atoms with Gasteiger partial charge in [-0.3, -0.25) is 4.99 Å². The Bertz CT molecular complexity index is 897. The summed E-state index contributed by atoms with van der Waals surface area (Å²) < 4.78 is 20.0. The van der Waals surface area contributed by atoms with Crippen LogP contribution in [-0.2, 0) is 0 Å². The molecule has 0 amide bonds. The lowest BCUT2D eigenvalue weighted by Crippen LogP contribution is -2.22. The average molecular weight is 308 g/mol. The van der Waals surface area contributed by atoms with Crippen molar-refractivity contribution in [3.63, 3.8) is 0 Å². The molecule has 1 aromatic heterocycles. The molecule has 3 aromatic rings. The molecule has 2 aromatic carbocycles. The van der Waals surface area contributed by atoms with Gasteiger partial charge in [0.25, 0.3) is 0 Å². The maximum Gasteiger partial charge on any atom is 0.128 e. The Morgan fingerprint density at radius 2 is 2.04 bits per heavy atom. The van der Waals surface area contributed by atoms with Gasteiger partial charge in [-0.05, 0) is 11.6 Å². The van der Waals surface area contributed by atoms with Gasteiger partial charge in [-0.15, -0.1) is 0 Å². The minimum atomic E-state index is -0.202. The number of hydrogen-bond donors (Lipinski definition) is 1. The highest BCUT2D eigenvalue weighted by atomic mass is 19.1. The number of nitrogens with one attached hydrogen (secondary N) is 1. The highest BCUT2D eigenvalue weighted by molar-refractivity contribution is 6.01. The number of amidine groups is 1. The fraction of sp³-hybridized carbons (Fsp3) is 0.211. The standard InChI is InChI=1S/C19H17FN2O/c1-12(14-5-2-4-13-10-23-11-16(13)14)18-15(6-3-7-17(18)20)19-21-8-9-22-19/h2-7,10-12H,8-9H2,1H3,(H,21,22). The van der Waals surface area contributed by atoms with E-state index in [1.165, 1.54) is 6.07 Å². The van der Waals surface area contributed by atoms with Crippen molar-refractivity contribution in [2.75, 3.05) is 13.1 Å². The van der Waals surface area contributed by atoms with E-state index in [4.69, 9.17) is 4.42 Å². The van der Waals surface area contributed by atoms with Crippen LogP contribution >= 0.6 is 0 Å². The van der Waals surface area contributed by atoms with Crippen LogP contribution in [0.5, 0.6) is 0 Å². The Morgan fingerprint density at radius 1 is 1.17 bits per heavy atom. The van der Waals surface area contributed by atoms with Crippen LogP contribution in [0.1, 0.15) is 29.5 Å². The van der Waals surface area contributed by atoms with Gasteiger partial charge >= 0.3 is 0 Å². The Morgan fingerprint density at radius 3 is 2.87 bits per heavy atom. The molecule has 116 valence electrons. The first kappa shape index (κ1) is 14.0. The molecule has 0 bridgehead atoms. The molecule has 4 rings (SSSR count). The summed E-state index contributed by atoms with van der Waals surface area (Å²) in [6, 6.07) is 11.2. The smallest absolute Gasteiger partial charge is 0.128 e. The number of fused-ring (bicyclic) bond motifs is 1. The zero-order valence-corrected chi connectivity index (χ0v) is 12.8. The number of hydrogen-bond acceptors (Lipinski definition) is 3. The molecular formula is C19H17FN2O. The molecule has 1 atom stereocenters. The van der Waals surface area contributed by atoms with E-state index >= 15 is 0 Å². The van der Waals surface area contributed by atoms with Crippen molar-refractivity contribution in [1.82, 2.24) is 5.32 Å². The molecule has 0 saturated carbocycles. The summed E-state index contributed by atoms with van der Waals surface area (Å²) in [6.07, 6.45) is 3.45. The van der Waals surface area contributed by atoms with Gasteiger partial charge in [0.05, 0.1) is 19.1 Å². The Balaban J connectivity index is 1.88. The molecule has 23 heavy (non-hydrogen) atoms. The van der Waals surface area contributed by atoms with Crippen molar-refractivity contribution in [2.24, 2.45) is 4.99 Å². The quantitative estimate of drug-likeness (QED) is 0.792. The average Bonchev–Trinajstić information content (AvgIpc) is 3.24. The van der Waals surface area contributed by atoms with E-state index in [1.807, 2.05) is 31.2 Å². The van der Waals surface area contributed by atoms with Crippen molar-refractivity contribution in [3.8, 4) is 0 Å². The molecule has 1 N–H and O–H groups in total. The second-order valence-corrected chi connectivity index (χ2v) is 5.80. The normalized spacial score (nSPS) is 15.5. The number of nitrogens with zero attached hydrogens (tertiary/aromatic N) is 1. The fourth-order valence-electron chi connectivity index (χ4n) is 3.31. The van der Waals surface area contributed by atoms with E-state index in [1.54, 1.807) is 18.6 Å². The van der Waals surface area contributed by atoms with Crippen LogP contribution in [-0.4, -0.2) is 18.9 Å². The van der Waals surface area contributed by atoms with E-state index in [0.29, 0.717) is 5.56 Å². The lowest BCUT2D eigenvalue weighted by Gasteiger charge is -2.19. The Labute approximate surface area is 133 Å². The summed E-state index contributed by atoms with van der Waals surface area (Å²) in [5.74, 6) is 0.482. The van der Waals surface area contributed by atoms with Crippen LogP contribution in [0, 0.1) is 5.82 Å². The molecule has 0 radical (unpaired) electrons. The summed E-state index contributed by atoms with van der Waals surface area (Å²) >= 11 is 0. The molecule has 1 aliphatic rings. The number of rotatable bonds is 3. The lowest BCUT2D eigenvalue weighted by molar-refractivity contribution is 0.572. The second kappa shape index (κ2) is 5.54. The first-order chi connectivity index (χ1) is 11.3. The molecule has 1 unspecified atom stereocenters. The fourth-order valence-corrected chi connectivity index (χ4v) is 3.31. The molecule has 0 saturated heterocycles. The van der Waals surface area contributed by atoms with Gasteiger partial charge in [0.2, 0.25) is 0 Å². The highest BCUT2D eigenvalue weighted by Gasteiger charge is 2.22. The first-order valence-corrected chi connectivity index (χ1v) is 7.77. The minimum absolute atomic E-state index is 0.0994. The van der Waals surface area contributed by atoms with Crippen molar-refractivity contribution >= 4 is 16.6 Å². The van der Waals surface area contributed by atoms with Gasteiger partial charge in [-0.1, -0.05) is 37.3 Å². The maximum atomic E-state index is 14.7. The highest BCUT2D eigenvalue weighted by Crippen LogP contribution is 2.34. The van der Waals surface area contributed by atoms with Crippen LogP contribution in [0.15, 0.2) is 58.3 Å². The summed E-state index contributed by atoms with van der Waals surface area (Å²) in [4.78, 5) is 4.46. The van der Waals surface area contributed by atoms with E-state index in [2.05, 4.69) is 10.3 Å². The molecule has 3 nitrogen and oxygen atoms in total. The van der Waals surface area contributed by atoms with Gasteiger partial charge in [0, 0.05) is 34.4 Å². The van der Waals surface area contributed by atoms with Crippen LogP contribution in [0.2, 0.25) is 0 Å². The SMILES string of the molecule is CC(c1c(F)cccc1C1=NCCN1)c1cccc2cocc12. The monoisotopic (exact) mass is 308 g/mol. The van der Waals surface area contributed by atoms with Gasteiger partial charge in [-0.2, -0.15) is 0 Å². The molecule has 0 aliphatic carbocycles. The van der Waals surface area contributed by atoms with Gasteiger partial charge < -0.3 is 9.73 Å². The minimum Gasteiger partial charge on any atom is -0.471 e. The molecule has 2 heterocycles. The molecule has 1 aliphatic heterocycles. The Kier molecular flexibility index (Phi) is 3.37. The van der Waals surface area contributed by atoms with Crippen LogP contribution in [0.3, 0.4) is 0 Å². The number of aliphatic imine (C=N–C) groups is 1. The number of furan rings is 1. The van der Waals surface area contributed by atoms with Gasteiger partial charge in [-0.25, -0.2) is 4.39 Å². The van der Waals surface area contributed by atoms with Gasteiger partial charge in [0.1, 0.15) is 11.7 Å². The van der Waals surface area contributed by atoms with Crippen LogP contribution in [0.4, 0.5) is 4.39 Å². The van der Waals surface area contributed by atoms with E-state index in [9.17, 15) is 4.39 Å². The van der Waals surface area contributed by atoms with Crippen LogP contribution in [0.25, 0.3) is 10.8 Å². The van der Waals surface area contributed by atoms with Crippen molar-refractivity contribution in [1.29, 1.82) is 0 Å². The third-order valence-electron chi connectivity index (χ3n) is 4.44. The zero-order chi connectivity index (χ0) is 15.8. The number of halogens is 1. The topological polar surface area (TPSA) is 37.5 Å². The van der Waals surface area contributed by atoms with Crippen molar-refractivity contribution < 1.29 is 8.81 Å². The third kappa shape index (κ3) is 2.31. The molecule has 0 spiro atoms. The van der Waals surface area contributed by atoms with Crippen LogP contribution < -0.4 is 5.32 Å². The second-order valence-electron chi connectivity index (χ2n) is 5.80. The van der Waals surface area contributed by atoms with E-state index in [0.717, 1.165) is 40.8 Å². The first-order valence-electron chi connectivity index (χ1n) is 7.77. The third-order valence-corrected chi connectivity index (χ3v) is 4.44. The summed E-state index contributed by atoms with van der Waals surface area (Å²) in [5, 5.41) is 5.30. The molecular weight excluding hydrogens is 291 g/mol. The number of benzene rings is 2. The summed E-state index contributed by atoms with van der Waals surface area (Å²) in [7, 11) is 0.